The van der Waals surface area contributed by atoms with Crippen LogP contribution in [0.25, 0.3) is 0 Å². The topological polar surface area (TPSA) is 43.8 Å². The molecule has 2 aliphatic rings. The predicted molar refractivity (Wildman–Crippen MR) is 102 cm³/mol. The van der Waals surface area contributed by atoms with Crippen LogP contribution in [0.4, 0.5) is 0 Å². The van der Waals surface area contributed by atoms with E-state index in [0.29, 0.717) is 6.54 Å². The minimum absolute atomic E-state index is 0. The third-order valence-electron chi connectivity index (χ3n) is 5.29. The van der Waals surface area contributed by atoms with Crippen molar-refractivity contribution >= 4 is 42.4 Å². The molecule has 1 unspecified atom stereocenters. The maximum Gasteiger partial charge on any atom is 0.308 e. The van der Waals surface area contributed by atoms with Crippen molar-refractivity contribution in [2.24, 2.45) is 11.3 Å². The van der Waals surface area contributed by atoms with Gasteiger partial charge in [0.25, 0.3) is 0 Å². The van der Waals surface area contributed by atoms with Gasteiger partial charge in [-0.15, -0.1) is 24.8 Å². The van der Waals surface area contributed by atoms with Gasteiger partial charge in [-0.25, -0.2) is 0 Å². The molecule has 1 aromatic carbocycles. The summed E-state index contributed by atoms with van der Waals surface area (Å²) in [6.45, 7) is 4.29. The van der Waals surface area contributed by atoms with Crippen LogP contribution >= 0.6 is 36.4 Å². The third kappa shape index (κ3) is 4.55. The lowest BCUT2D eigenvalue weighted by Crippen LogP contribution is -2.44. The maximum atomic E-state index is 11.7. The van der Waals surface area contributed by atoms with E-state index in [-0.39, 0.29) is 36.1 Å². The second-order valence-electron chi connectivity index (χ2n) is 6.86. The lowest BCUT2D eigenvalue weighted by atomic mass is 9.71. The van der Waals surface area contributed by atoms with Gasteiger partial charge >= 0.3 is 5.97 Å². The molecular formula is C17H25Cl3N2O2. The average Bonchev–Trinajstić information content (AvgIpc) is 2.81. The van der Waals surface area contributed by atoms with Crippen LogP contribution in [0, 0.1) is 11.3 Å². The van der Waals surface area contributed by atoms with Gasteiger partial charge in [0.1, 0.15) is 0 Å². The van der Waals surface area contributed by atoms with Crippen LogP contribution in [-0.4, -0.2) is 54.1 Å². The Morgan fingerprint density at radius 2 is 2.00 bits per heavy atom. The monoisotopic (exact) mass is 394 g/mol. The molecule has 0 aliphatic carbocycles. The highest BCUT2D eigenvalue weighted by Gasteiger charge is 2.50. The molecule has 1 atom stereocenters. The second kappa shape index (κ2) is 8.72. The van der Waals surface area contributed by atoms with Crippen LogP contribution in [0.3, 0.4) is 0 Å². The van der Waals surface area contributed by atoms with Crippen LogP contribution in [0.2, 0.25) is 5.02 Å². The number of nitrogens with zero attached hydrogens (tertiary/aromatic N) is 2. The van der Waals surface area contributed by atoms with Crippen molar-refractivity contribution in [3.63, 3.8) is 0 Å². The highest BCUT2D eigenvalue weighted by atomic mass is 35.5. The van der Waals surface area contributed by atoms with E-state index in [0.717, 1.165) is 49.6 Å². The molecule has 24 heavy (non-hydrogen) atoms. The first kappa shape index (κ1) is 21.5. The number of carboxylic acids is 1. The normalized spacial score (nSPS) is 23.5. The fourth-order valence-corrected chi connectivity index (χ4v) is 4.21. The molecule has 1 aromatic rings. The van der Waals surface area contributed by atoms with Crippen LogP contribution in [0.1, 0.15) is 18.4 Å². The number of aliphatic carboxylic acids is 1. The number of benzene rings is 1. The first-order valence-corrected chi connectivity index (χ1v) is 8.24. The molecular weight excluding hydrogens is 371 g/mol. The van der Waals surface area contributed by atoms with Gasteiger partial charge in [-0.2, -0.15) is 0 Å². The summed E-state index contributed by atoms with van der Waals surface area (Å²) in [4.78, 5) is 16.3. The zero-order valence-electron chi connectivity index (χ0n) is 13.8. The van der Waals surface area contributed by atoms with Crippen LogP contribution in [-0.2, 0) is 11.3 Å². The number of carboxylic acid groups (broad SMARTS) is 1. The number of hydrogen-bond donors (Lipinski definition) is 1. The fourth-order valence-electron chi connectivity index (χ4n) is 4.00. The van der Waals surface area contributed by atoms with Crippen LogP contribution in [0.5, 0.6) is 0 Å². The molecule has 1 N–H and O–H groups in total. The van der Waals surface area contributed by atoms with E-state index in [1.807, 2.05) is 18.2 Å². The van der Waals surface area contributed by atoms with E-state index >= 15 is 0 Å². The Balaban J connectivity index is 0.00000144. The first-order valence-electron chi connectivity index (χ1n) is 7.87. The van der Waals surface area contributed by atoms with Crippen molar-refractivity contribution < 1.29 is 9.90 Å². The minimum atomic E-state index is -0.641. The summed E-state index contributed by atoms with van der Waals surface area (Å²) in [5.74, 6) is -0.890. The SMILES string of the molecule is CN1CCC2(CC1)CN(Cc1cccc(Cl)c1)CC2C(=O)O.Cl.Cl. The molecule has 4 nitrogen and oxygen atoms in total. The highest BCUT2D eigenvalue weighted by Crippen LogP contribution is 2.45. The highest BCUT2D eigenvalue weighted by molar-refractivity contribution is 6.30. The van der Waals surface area contributed by atoms with Gasteiger partial charge in [0, 0.05) is 30.1 Å². The Hall–Kier alpha value is -0.520. The molecule has 3 rings (SSSR count). The van der Waals surface area contributed by atoms with Crippen molar-refractivity contribution in [2.45, 2.75) is 19.4 Å². The summed E-state index contributed by atoms with van der Waals surface area (Å²) in [7, 11) is 2.11. The molecule has 0 bridgehead atoms. The minimum Gasteiger partial charge on any atom is -0.481 e. The van der Waals surface area contributed by atoms with Crippen LogP contribution in [0.15, 0.2) is 24.3 Å². The molecule has 2 aliphatic heterocycles. The summed E-state index contributed by atoms with van der Waals surface area (Å²) in [6.07, 6.45) is 1.96. The van der Waals surface area contributed by atoms with Gasteiger partial charge in [-0.3, -0.25) is 9.69 Å². The van der Waals surface area contributed by atoms with Crippen molar-refractivity contribution in [1.82, 2.24) is 9.80 Å². The van der Waals surface area contributed by atoms with Crippen molar-refractivity contribution in [1.29, 1.82) is 0 Å². The summed E-state index contributed by atoms with van der Waals surface area (Å²) >= 11 is 6.05. The third-order valence-corrected chi connectivity index (χ3v) is 5.53. The largest absolute Gasteiger partial charge is 0.481 e. The zero-order valence-corrected chi connectivity index (χ0v) is 16.2. The molecule has 0 radical (unpaired) electrons. The Kier molecular flexibility index (Phi) is 7.82. The fraction of sp³-hybridized carbons (Fsp3) is 0.588. The summed E-state index contributed by atoms with van der Waals surface area (Å²) in [6, 6.07) is 7.85. The maximum absolute atomic E-state index is 11.7. The molecule has 0 aromatic heterocycles. The Morgan fingerprint density at radius 3 is 2.58 bits per heavy atom. The van der Waals surface area contributed by atoms with E-state index in [4.69, 9.17) is 11.6 Å². The lowest BCUT2D eigenvalue weighted by Gasteiger charge is -2.40. The predicted octanol–water partition coefficient (Wildman–Crippen LogP) is 3.41. The molecule has 0 amide bonds. The van der Waals surface area contributed by atoms with Gasteiger partial charge < -0.3 is 10.0 Å². The van der Waals surface area contributed by atoms with Gasteiger partial charge in [-0.05, 0) is 50.7 Å². The molecule has 2 heterocycles. The van der Waals surface area contributed by atoms with E-state index in [9.17, 15) is 9.90 Å². The first-order chi connectivity index (χ1) is 10.5. The Morgan fingerprint density at radius 1 is 1.33 bits per heavy atom. The van der Waals surface area contributed by atoms with Gasteiger partial charge in [0.05, 0.1) is 5.92 Å². The smallest absolute Gasteiger partial charge is 0.308 e. The molecule has 2 saturated heterocycles. The van der Waals surface area contributed by atoms with E-state index < -0.39 is 5.97 Å². The Bertz CT molecular complexity index is 563. The van der Waals surface area contributed by atoms with E-state index in [2.05, 4.69) is 22.9 Å². The number of carbonyl (C=O) groups is 1. The summed E-state index contributed by atoms with van der Waals surface area (Å²) in [5, 5.41) is 10.4. The number of piperidine rings is 1. The lowest BCUT2D eigenvalue weighted by molar-refractivity contribution is -0.145. The zero-order chi connectivity index (χ0) is 15.7. The number of halogens is 3. The second-order valence-corrected chi connectivity index (χ2v) is 7.29. The van der Waals surface area contributed by atoms with E-state index in [1.165, 1.54) is 0 Å². The van der Waals surface area contributed by atoms with Crippen molar-refractivity contribution in [3.05, 3.63) is 34.9 Å². The molecule has 7 heteroatoms. The Labute approximate surface area is 161 Å². The molecule has 2 fully saturated rings. The number of hydrogen-bond acceptors (Lipinski definition) is 3. The average molecular weight is 396 g/mol. The van der Waals surface area contributed by atoms with Gasteiger partial charge in [-0.1, -0.05) is 23.7 Å². The summed E-state index contributed by atoms with van der Waals surface area (Å²) < 4.78 is 0. The van der Waals surface area contributed by atoms with E-state index in [1.54, 1.807) is 0 Å². The quantitative estimate of drug-likeness (QED) is 0.852. The molecule has 0 saturated carbocycles. The number of likely N-dealkylation sites (tertiary alicyclic amines) is 2. The number of rotatable bonds is 3. The van der Waals surface area contributed by atoms with Crippen LogP contribution < -0.4 is 0 Å². The molecule has 136 valence electrons. The van der Waals surface area contributed by atoms with Gasteiger partial charge in [0.2, 0.25) is 0 Å². The van der Waals surface area contributed by atoms with Gasteiger partial charge in [0.15, 0.2) is 0 Å². The standard InChI is InChI=1S/C17H23ClN2O2.2ClH/c1-19-7-5-17(6-8-19)12-20(11-15(17)16(21)22)10-13-3-2-4-14(18)9-13;;/h2-4,9,15H,5-8,10-12H2,1H3,(H,21,22);2*1H. The molecule has 1 spiro atoms. The summed E-state index contributed by atoms with van der Waals surface area (Å²) in [5.41, 5.74) is 1.10. The van der Waals surface area contributed by atoms with Crippen molar-refractivity contribution in [2.75, 3.05) is 33.2 Å². The van der Waals surface area contributed by atoms with Crippen molar-refractivity contribution in [3.8, 4) is 0 Å².